The molecule has 0 spiro atoms. The number of amides is 1. The molecule has 182 valence electrons. The number of aryl methyl sites for hydroxylation is 2. The number of thiophene rings is 1. The average molecular weight is 473 g/mol. The van der Waals surface area contributed by atoms with Gasteiger partial charge in [-0.25, -0.2) is 0 Å². The van der Waals surface area contributed by atoms with Crippen molar-refractivity contribution in [2.24, 2.45) is 5.92 Å². The van der Waals surface area contributed by atoms with E-state index >= 15 is 0 Å². The Bertz CT molecular complexity index is 911. The summed E-state index contributed by atoms with van der Waals surface area (Å²) in [5.74, 6) is 1.55. The fourth-order valence-electron chi connectivity index (χ4n) is 4.39. The third-order valence-corrected chi connectivity index (χ3v) is 7.46. The monoisotopic (exact) mass is 472 g/mol. The van der Waals surface area contributed by atoms with Gasteiger partial charge in [-0.15, -0.1) is 11.3 Å². The van der Waals surface area contributed by atoms with E-state index in [1.807, 2.05) is 17.9 Å². The number of hydrogen-bond acceptors (Lipinski definition) is 5. The van der Waals surface area contributed by atoms with E-state index in [-0.39, 0.29) is 11.9 Å². The molecule has 0 radical (unpaired) electrons. The van der Waals surface area contributed by atoms with Gasteiger partial charge < -0.3 is 14.7 Å². The van der Waals surface area contributed by atoms with E-state index in [9.17, 15) is 9.90 Å². The molecule has 0 saturated carbocycles. The maximum Gasteiger partial charge on any atom is 0.237 e. The van der Waals surface area contributed by atoms with Crippen molar-refractivity contribution in [2.75, 3.05) is 32.8 Å². The zero-order valence-electron chi connectivity index (χ0n) is 20.8. The van der Waals surface area contributed by atoms with Crippen LogP contribution in [-0.4, -0.2) is 59.7 Å². The molecule has 2 aromatic rings. The van der Waals surface area contributed by atoms with Gasteiger partial charge in [0.25, 0.3) is 0 Å². The Balaban J connectivity index is 1.74. The number of aliphatic hydroxyl groups is 1. The number of hydrogen-bond donors (Lipinski definition) is 1. The van der Waals surface area contributed by atoms with Gasteiger partial charge in [0.05, 0.1) is 18.7 Å². The number of nitrogens with zero attached hydrogens (tertiary/aromatic N) is 2. The molecule has 1 amide bonds. The number of fused-ring (bicyclic) bond motifs is 1. The number of aliphatic hydroxyl groups excluding tert-OH is 1. The first-order valence-corrected chi connectivity index (χ1v) is 13.1. The average Bonchev–Trinajstić information content (AvgIpc) is 3.25. The van der Waals surface area contributed by atoms with Crippen LogP contribution in [0, 0.1) is 19.8 Å². The van der Waals surface area contributed by atoms with E-state index in [4.69, 9.17) is 4.74 Å². The van der Waals surface area contributed by atoms with Crippen LogP contribution in [0.5, 0.6) is 5.75 Å². The van der Waals surface area contributed by atoms with Crippen LogP contribution in [0.3, 0.4) is 0 Å². The Hall–Kier alpha value is -1.89. The van der Waals surface area contributed by atoms with Crippen molar-refractivity contribution in [3.05, 3.63) is 51.2 Å². The quantitative estimate of drug-likeness (QED) is 0.501. The molecule has 0 aliphatic carbocycles. The first-order chi connectivity index (χ1) is 15.8. The zero-order valence-corrected chi connectivity index (χ0v) is 21.7. The van der Waals surface area contributed by atoms with Gasteiger partial charge in [0.2, 0.25) is 5.91 Å². The molecule has 1 aromatic heterocycles. The van der Waals surface area contributed by atoms with Crippen molar-refractivity contribution >= 4 is 17.2 Å². The number of rotatable bonds is 11. The molecule has 5 nitrogen and oxygen atoms in total. The molecule has 0 saturated heterocycles. The number of benzene rings is 1. The lowest BCUT2D eigenvalue weighted by atomic mass is 10.00. The number of carbonyl (C=O) groups excluding carboxylic acids is 1. The highest BCUT2D eigenvalue weighted by Gasteiger charge is 2.33. The molecule has 1 aromatic carbocycles. The third-order valence-electron chi connectivity index (χ3n) is 6.46. The zero-order chi connectivity index (χ0) is 24.0. The largest absolute Gasteiger partial charge is 0.491 e. The van der Waals surface area contributed by atoms with Crippen molar-refractivity contribution in [1.29, 1.82) is 0 Å². The molecule has 3 rings (SSSR count). The molecule has 33 heavy (non-hydrogen) atoms. The molecule has 2 heterocycles. The predicted molar refractivity (Wildman–Crippen MR) is 136 cm³/mol. The second kappa shape index (κ2) is 12.0. The van der Waals surface area contributed by atoms with E-state index < -0.39 is 6.10 Å². The second-order valence-electron chi connectivity index (χ2n) is 9.71. The Labute approximate surface area is 203 Å². The Morgan fingerprint density at radius 1 is 1.30 bits per heavy atom. The van der Waals surface area contributed by atoms with Crippen molar-refractivity contribution in [1.82, 2.24) is 9.80 Å². The van der Waals surface area contributed by atoms with Gasteiger partial charge in [0.15, 0.2) is 0 Å². The van der Waals surface area contributed by atoms with Gasteiger partial charge in [-0.2, -0.15) is 0 Å². The highest BCUT2D eigenvalue weighted by Crippen LogP contribution is 2.34. The second-order valence-corrected chi connectivity index (χ2v) is 10.7. The molecule has 0 bridgehead atoms. The SMILES string of the molecule is CC[C@H](O)CN(CCC(C)C)CC(=O)N1CCc2sccc2[C@@H]1COc1ccc(C)cc1C. The maximum absolute atomic E-state index is 13.5. The van der Waals surface area contributed by atoms with E-state index in [1.54, 1.807) is 11.3 Å². The van der Waals surface area contributed by atoms with E-state index in [1.165, 1.54) is 16.0 Å². The fourth-order valence-corrected chi connectivity index (χ4v) is 5.32. The summed E-state index contributed by atoms with van der Waals surface area (Å²) >= 11 is 1.77. The van der Waals surface area contributed by atoms with Crippen molar-refractivity contribution < 1.29 is 14.6 Å². The van der Waals surface area contributed by atoms with E-state index in [0.29, 0.717) is 38.6 Å². The van der Waals surface area contributed by atoms with E-state index in [0.717, 1.165) is 30.7 Å². The number of carbonyl (C=O) groups is 1. The number of ether oxygens (including phenoxy) is 1. The lowest BCUT2D eigenvalue weighted by Gasteiger charge is -2.37. The van der Waals surface area contributed by atoms with Crippen molar-refractivity contribution in [2.45, 2.75) is 66.0 Å². The van der Waals surface area contributed by atoms with Gasteiger partial charge >= 0.3 is 0 Å². The highest BCUT2D eigenvalue weighted by molar-refractivity contribution is 7.10. The summed E-state index contributed by atoms with van der Waals surface area (Å²) in [6.07, 6.45) is 2.19. The lowest BCUT2D eigenvalue weighted by molar-refractivity contribution is -0.136. The van der Waals surface area contributed by atoms with Gasteiger partial charge in [-0.1, -0.05) is 38.5 Å². The van der Waals surface area contributed by atoms with Gasteiger partial charge in [-0.05, 0) is 74.2 Å². The molecule has 1 N–H and O–H groups in total. The topological polar surface area (TPSA) is 53.0 Å². The molecule has 1 aliphatic rings. The van der Waals surface area contributed by atoms with Crippen LogP contribution in [0.2, 0.25) is 0 Å². The Morgan fingerprint density at radius 2 is 2.09 bits per heavy atom. The summed E-state index contributed by atoms with van der Waals surface area (Å²) in [5, 5.41) is 12.4. The van der Waals surface area contributed by atoms with Gasteiger partial charge in [0, 0.05) is 18.0 Å². The minimum absolute atomic E-state index is 0.0868. The maximum atomic E-state index is 13.5. The predicted octanol–water partition coefficient (Wildman–Crippen LogP) is 4.99. The van der Waals surface area contributed by atoms with Gasteiger partial charge in [-0.3, -0.25) is 9.69 Å². The first-order valence-electron chi connectivity index (χ1n) is 12.2. The standard InChI is InChI=1S/C27H40N2O3S/c1-6-22(30)16-28(12-9-19(2)3)17-27(31)29-13-10-26-23(11-14-33-26)24(29)18-32-25-8-7-20(4)15-21(25)5/h7-8,11,14-15,19,22,24,30H,6,9-10,12-13,16-18H2,1-5H3/t22-,24-/m0/s1. The van der Waals surface area contributed by atoms with E-state index in [2.05, 4.69) is 56.2 Å². The minimum atomic E-state index is -0.404. The lowest BCUT2D eigenvalue weighted by Crippen LogP contribution is -2.48. The molecular weight excluding hydrogens is 432 g/mol. The van der Waals surface area contributed by atoms with Crippen LogP contribution in [0.1, 0.15) is 61.2 Å². The van der Waals surface area contributed by atoms with Crippen LogP contribution in [0.4, 0.5) is 0 Å². The summed E-state index contributed by atoms with van der Waals surface area (Å²) < 4.78 is 6.26. The van der Waals surface area contributed by atoms with Crippen LogP contribution in [0.15, 0.2) is 29.6 Å². The Kier molecular flexibility index (Phi) is 9.36. The van der Waals surface area contributed by atoms with Crippen LogP contribution in [-0.2, 0) is 11.2 Å². The molecular formula is C27H40N2O3S. The third kappa shape index (κ3) is 7.05. The highest BCUT2D eigenvalue weighted by atomic mass is 32.1. The molecule has 1 aliphatic heterocycles. The molecule has 0 fully saturated rings. The van der Waals surface area contributed by atoms with Gasteiger partial charge in [0.1, 0.15) is 12.4 Å². The summed E-state index contributed by atoms with van der Waals surface area (Å²) in [4.78, 5) is 19.0. The minimum Gasteiger partial charge on any atom is -0.491 e. The van der Waals surface area contributed by atoms with Crippen LogP contribution < -0.4 is 4.74 Å². The van der Waals surface area contributed by atoms with Crippen molar-refractivity contribution in [3.8, 4) is 5.75 Å². The molecule has 2 atom stereocenters. The summed E-state index contributed by atoms with van der Waals surface area (Å²) in [6, 6.07) is 8.27. The van der Waals surface area contributed by atoms with Crippen LogP contribution in [0.25, 0.3) is 0 Å². The fraction of sp³-hybridized carbons (Fsp3) is 0.593. The summed E-state index contributed by atoms with van der Waals surface area (Å²) in [6.45, 7) is 13.4. The van der Waals surface area contributed by atoms with Crippen LogP contribution >= 0.6 is 11.3 Å². The summed E-state index contributed by atoms with van der Waals surface area (Å²) in [5.41, 5.74) is 3.54. The Morgan fingerprint density at radius 3 is 2.79 bits per heavy atom. The molecule has 0 unspecified atom stereocenters. The summed E-state index contributed by atoms with van der Waals surface area (Å²) in [7, 11) is 0. The normalized spacial score (nSPS) is 16.8. The first kappa shape index (κ1) is 25.7. The van der Waals surface area contributed by atoms with Crippen molar-refractivity contribution in [3.63, 3.8) is 0 Å². The molecule has 6 heteroatoms. The smallest absolute Gasteiger partial charge is 0.237 e.